The molecule has 92 valence electrons. The van der Waals surface area contributed by atoms with Crippen LogP contribution in [0.4, 0.5) is 0 Å². The molecule has 1 saturated heterocycles. The lowest BCUT2D eigenvalue weighted by atomic mass is 10.2. The maximum absolute atomic E-state index is 11.6. The summed E-state index contributed by atoms with van der Waals surface area (Å²) in [5, 5.41) is 8.37. The summed E-state index contributed by atoms with van der Waals surface area (Å²) < 4.78 is 0. The molecule has 0 aliphatic carbocycles. The van der Waals surface area contributed by atoms with Gasteiger partial charge in [-0.15, -0.1) is 0 Å². The van der Waals surface area contributed by atoms with Gasteiger partial charge in [0.1, 0.15) is 6.04 Å². The molecule has 16 heavy (non-hydrogen) atoms. The normalized spacial score (nSPS) is 20.7. The molecule has 6 heteroatoms. The summed E-state index contributed by atoms with van der Waals surface area (Å²) in [7, 11) is 2.01. The van der Waals surface area contributed by atoms with Crippen LogP contribution >= 0.6 is 0 Å². The monoisotopic (exact) mass is 228 g/mol. The molecule has 0 radical (unpaired) electrons. The SMILES string of the molecule is CCN(C)CCNC(=O)C1CNC(=O)CN1. The van der Waals surface area contributed by atoms with Gasteiger partial charge in [-0.05, 0) is 13.6 Å². The van der Waals surface area contributed by atoms with Gasteiger partial charge in [-0.25, -0.2) is 0 Å². The zero-order valence-corrected chi connectivity index (χ0v) is 9.88. The van der Waals surface area contributed by atoms with Crippen LogP contribution in [-0.2, 0) is 9.59 Å². The Hall–Kier alpha value is -1.14. The molecule has 0 aromatic rings. The van der Waals surface area contributed by atoms with E-state index in [1.807, 2.05) is 7.05 Å². The molecule has 3 N–H and O–H groups in total. The van der Waals surface area contributed by atoms with Gasteiger partial charge in [0.25, 0.3) is 0 Å². The number of likely N-dealkylation sites (N-methyl/N-ethyl adjacent to an activating group) is 1. The van der Waals surface area contributed by atoms with Crippen LogP contribution in [0, 0.1) is 0 Å². The third kappa shape index (κ3) is 4.16. The molecular weight excluding hydrogens is 208 g/mol. The molecular formula is C10H20N4O2. The first-order valence-corrected chi connectivity index (χ1v) is 5.59. The van der Waals surface area contributed by atoms with Gasteiger partial charge in [-0.1, -0.05) is 6.92 Å². The summed E-state index contributed by atoms with van der Waals surface area (Å²) in [5.41, 5.74) is 0. The topological polar surface area (TPSA) is 73.5 Å². The highest BCUT2D eigenvalue weighted by molar-refractivity contribution is 5.86. The summed E-state index contributed by atoms with van der Waals surface area (Å²) in [6.45, 7) is 5.09. The van der Waals surface area contributed by atoms with Gasteiger partial charge in [-0.3, -0.25) is 14.9 Å². The Labute approximate surface area is 95.8 Å². The number of hydrogen-bond acceptors (Lipinski definition) is 4. The predicted molar refractivity (Wildman–Crippen MR) is 61.0 cm³/mol. The Morgan fingerprint density at radius 1 is 1.62 bits per heavy atom. The molecule has 1 aliphatic heterocycles. The van der Waals surface area contributed by atoms with Crippen molar-refractivity contribution < 1.29 is 9.59 Å². The average molecular weight is 228 g/mol. The lowest BCUT2D eigenvalue weighted by molar-refractivity contribution is -0.126. The van der Waals surface area contributed by atoms with E-state index < -0.39 is 0 Å². The van der Waals surface area contributed by atoms with Crippen molar-refractivity contribution >= 4 is 11.8 Å². The number of carbonyl (C=O) groups excluding carboxylic acids is 2. The number of nitrogens with one attached hydrogen (secondary N) is 3. The van der Waals surface area contributed by atoms with E-state index in [0.29, 0.717) is 13.1 Å². The molecule has 1 heterocycles. The predicted octanol–water partition coefficient (Wildman–Crippen LogP) is -1.86. The molecule has 1 aliphatic rings. The quantitative estimate of drug-likeness (QED) is 0.516. The van der Waals surface area contributed by atoms with Crippen molar-refractivity contribution in [2.45, 2.75) is 13.0 Å². The number of nitrogens with zero attached hydrogens (tertiary/aromatic N) is 1. The van der Waals surface area contributed by atoms with Crippen LogP contribution in [0.3, 0.4) is 0 Å². The Balaban J connectivity index is 2.17. The fourth-order valence-electron chi connectivity index (χ4n) is 1.40. The smallest absolute Gasteiger partial charge is 0.239 e. The minimum absolute atomic E-state index is 0.0514. The number of carbonyl (C=O) groups is 2. The molecule has 2 amide bonds. The zero-order valence-electron chi connectivity index (χ0n) is 9.88. The van der Waals surface area contributed by atoms with Crippen LogP contribution in [0.5, 0.6) is 0 Å². The van der Waals surface area contributed by atoms with Gasteiger partial charge in [0, 0.05) is 19.6 Å². The van der Waals surface area contributed by atoms with Gasteiger partial charge in [0.05, 0.1) is 6.54 Å². The highest BCUT2D eigenvalue weighted by Gasteiger charge is 2.22. The summed E-state index contributed by atoms with van der Waals surface area (Å²) in [5.74, 6) is -0.112. The van der Waals surface area contributed by atoms with Gasteiger partial charge in [0.2, 0.25) is 11.8 Å². The van der Waals surface area contributed by atoms with Gasteiger partial charge >= 0.3 is 0 Å². The first-order valence-electron chi connectivity index (χ1n) is 5.59. The maximum Gasteiger partial charge on any atom is 0.239 e. The second-order valence-corrected chi connectivity index (χ2v) is 3.92. The van der Waals surface area contributed by atoms with E-state index >= 15 is 0 Å². The fourth-order valence-corrected chi connectivity index (χ4v) is 1.40. The fraction of sp³-hybridized carbons (Fsp3) is 0.800. The number of rotatable bonds is 5. The summed E-state index contributed by atoms with van der Waals surface area (Å²) in [6.07, 6.45) is 0. The Morgan fingerprint density at radius 2 is 2.38 bits per heavy atom. The van der Waals surface area contributed by atoms with Gasteiger partial charge in [-0.2, -0.15) is 0 Å². The molecule has 1 atom stereocenters. The number of amides is 2. The van der Waals surface area contributed by atoms with Crippen LogP contribution in [0.2, 0.25) is 0 Å². The molecule has 1 fully saturated rings. The van der Waals surface area contributed by atoms with Crippen LogP contribution < -0.4 is 16.0 Å². The first-order chi connectivity index (χ1) is 7.63. The number of piperazine rings is 1. The van der Waals surface area contributed by atoms with Crippen LogP contribution in [-0.4, -0.2) is 62.5 Å². The van der Waals surface area contributed by atoms with E-state index in [-0.39, 0.29) is 24.4 Å². The standard InChI is InChI=1S/C10H20N4O2/c1-3-14(2)5-4-11-10(16)8-6-13-9(15)7-12-8/h8,12H,3-7H2,1-2H3,(H,11,16)(H,13,15). The molecule has 0 aromatic heterocycles. The van der Waals surface area contributed by atoms with Gasteiger partial charge in [0.15, 0.2) is 0 Å². The lowest BCUT2D eigenvalue weighted by Gasteiger charge is -2.23. The molecule has 6 nitrogen and oxygen atoms in total. The van der Waals surface area contributed by atoms with Crippen molar-refractivity contribution in [1.82, 2.24) is 20.9 Å². The highest BCUT2D eigenvalue weighted by Crippen LogP contribution is 1.88. The van der Waals surface area contributed by atoms with Crippen molar-refractivity contribution in [2.24, 2.45) is 0 Å². The largest absolute Gasteiger partial charge is 0.353 e. The third-order valence-electron chi connectivity index (χ3n) is 2.66. The van der Waals surface area contributed by atoms with Crippen LogP contribution in [0.1, 0.15) is 6.92 Å². The molecule has 0 bridgehead atoms. The molecule has 0 aromatic carbocycles. The van der Waals surface area contributed by atoms with Crippen molar-refractivity contribution in [3.05, 3.63) is 0 Å². The summed E-state index contributed by atoms with van der Waals surface area (Å²) in [6, 6.07) is -0.301. The zero-order chi connectivity index (χ0) is 12.0. The summed E-state index contributed by atoms with van der Waals surface area (Å²) in [4.78, 5) is 24.6. The summed E-state index contributed by atoms with van der Waals surface area (Å²) >= 11 is 0. The first kappa shape index (κ1) is 12.9. The second-order valence-electron chi connectivity index (χ2n) is 3.92. The molecule has 1 unspecified atom stereocenters. The van der Waals surface area contributed by atoms with E-state index in [2.05, 4.69) is 27.8 Å². The van der Waals surface area contributed by atoms with Crippen molar-refractivity contribution in [2.75, 3.05) is 39.8 Å². The minimum atomic E-state index is -0.301. The second kappa shape index (κ2) is 6.44. The molecule has 0 spiro atoms. The van der Waals surface area contributed by atoms with E-state index in [1.54, 1.807) is 0 Å². The molecule has 1 rings (SSSR count). The maximum atomic E-state index is 11.6. The minimum Gasteiger partial charge on any atom is -0.353 e. The Kier molecular flexibility index (Phi) is 5.21. The molecule has 0 saturated carbocycles. The van der Waals surface area contributed by atoms with Crippen molar-refractivity contribution in [3.63, 3.8) is 0 Å². The van der Waals surface area contributed by atoms with Gasteiger partial charge < -0.3 is 15.5 Å². The van der Waals surface area contributed by atoms with E-state index in [0.717, 1.165) is 13.1 Å². The van der Waals surface area contributed by atoms with Crippen molar-refractivity contribution in [1.29, 1.82) is 0 Å². The lowest BCUT2D eigenvalue weighted by Crippen LogP contribution is -2.58. The number of hydrogen-bond donors (Lipinski definition) is 3. The third-order valence-corrected chi connectivity index (χ3v) is 2.66. The van der Waals surface area contributed by atoms with E-state index in [9.17, 15) is 9.59 Å². The van der Waals surface area contributed by atoms with Crippen molar-refractivity contribution in [3.8, 4) is 0 Å². The Bertz CT molecular complexity index is 247. The Morgan fingerprint density at radius 3 is 2.94 bits per heavy atom. The van der Waals surface area contributed by atoms with Crippen LogP contribution in [0.25, 0.3) is 0 Å². The van der Waals surface area contributed by atoms with E-state index in [4.69, 9.17) is 0 Å². The van der Waals surface area contributed by atoms with E-state index in [1.165, 1.54) is 0 Å². The van der Waals surface area contributed by atoms with Crippen LogP contribution in [0.15, 0.2) is 0 Å². The average Bonchev–Trinajstić information content (AvgIpc) is 2.29. The highest BCUT2D eigenvalue weighted by atomic mass is 16.2.